The van der Waals surface area contributed by atoms with Gasteiger partial charge in [-0.25, -0.2) is 13.4 Å². The Morgan fingerprint density at radius 2 is 2.23 bits per heavy atom. The highest BCUT2D eigenvalue weighted by Crippen LogP contribution is 2.17. The van der Waals surface area contributed by atoms with E-state index < -0.39 is 0 Å². The molecule has 13 heavy (non-hydrogen) atoms. The van der Waals surface area contributed by atoms with Crippen molar-refractivity contribution in [2.24, 2.45) is 0 Å². The van der Waals surface area contributed by atoms with E-state index in [-0.39, 0.29) is 5.69 Å². The summed E-state index contributed by atoms with van der Waals surface area (Å²) in [6.07, 6.45) is 1.50. The number of aromatic nitrogens is 2. The molecule has 66 valence electrons. The van der Waals surface area contributed by atoms with Gasteiger partial charge >= 0.3 is 5.69 Å². The van der Waals surface area contributed by atoms with Gasteiger partial charge in [0.25, 0.3) is 0 Å². The summed E-state index contributed by atoms with van der Waals surface area (Å²) in [5, 5.41) is 1.45. The lowest BCUT2D eigenvalue weighted by Crippen LogP contribution is -2.15. The maximum absolute atomic E-state index is 11.1. The van der Waals surface area contributed by atoms with Gasteiger partial charge in [0.1, 0.15) is 0 Å². The lowest BCUT2D eigenvalue weighted by molar-refractivity contribution is 1.08. The van der Waals surface area contributed by atoms with Crippen LogP contribution < -0.4 is 5.69 Å². The first-order valence-corrected chi connectivity index (χ1v) is 4.61. The molecule has 0 radical (unpaired) electrons. The number of nitrogens with zero attached hydrogens (tertiary/aromatic N) is 2. The number of benzene rings is 1. The number of hydrogen-bond acceptors (Lipinski definition) is 2. The predicted octanol–water partition coefficient (Wildman–Crippen LogP) is 2.21. The van der Waals surface area contributed by atoms with Crippen LogP contribution in [-0.2, 0) is 0 Å². The van der Waals surface area contributed by atoms with E-state index in [1.807, 2.05) is 0 Å². The van der Waals surface area contributed by atoms with E-state index in [0.29, 0.717) is 5.02 Å². The molecule has 0 saturated heterocycles. The molecule has 0 fully saturated rings. The summed E-state index contributed by atoms with van der Waals surface area (Å²) < 4.78 is 1.30. The summed E-state index contributed by atoms with van der Waals surface area (Å²) in [6.45, 7) is 0. The lowest BCUT2D eigenvalue weighted by Gasteiger charge is -2.00. The van der Waals surface area contributed by atoms with Gasteiger partial charge in [-0.2, -0.15) is 0 Å². The van der Waals surface area contributed by atoms with Crippen LogP contribution in [0.5, 0.6) is 0 Å². The van der Waals surface area contributed by atoms with E-state index in [1.54, 1.807) is 18.2 Å². The maximum Gasteiger partial charge on any atom is 0.358 e. The predicted molar refractivity (Wildman–Crippen MR) is 55.3 cm³/mol. The van der Waals surface area contributed by atoms with Crippen LogP contribution in [0.4, 0.5) is 0 Å². The Morgan fingerprint density at radius 3 is 3.00 bits per heavy atom. The molecule has 0 aliphatic rings. The molecule has 0 saturated carbocycles. The molecule has 5 heteroatoms. The Bertz CT molecular complexity index is 523. The first-order valence-electron chi connectivity index (χ1n) is 3.52. The summed E-state index contributed by atoms with van der Waals surface area (Å²) in [7, 11) is 0. The van der Waals surface area contributed by atoms with Gasteiger partial charge < -0.3 is 0 Å². The molecule has 2 rings (SSSR count). The smallest absolute Gasteiger partial charge is 0.245 e. The van der Waals surface area contributed by atoms with Gasteiger partial charge in [-0.3, -0.25) is 0 Å². The van der Waals surface area contributed by atoms with Crippen LogP contribution in [0, 0.1) is 0 Å². The monoisotopic (exact) mass is 258 g/mol. The fourth-order valence-electron chi connectivity index (χ4n) is 1.09. The largest absolute Gasteiger partial charge is 0.358 e. The van der Waals surface area contributed by atoms with Crippen molar-refractivity contribution in [1.29, 1.82) is 0 Å². The van der Waals surface area contributed by atoms with Crippen LogP contribution >= 0.6 is 27.7 Å². The van der Waals surface area contributed by atoms with E-state index in [4.69, 9.17) is 11.6 Å². The lowest BCUT2D eigenvalue weighted by atomic mass is 10.2. The van der Waals surface area contributed by atoms with Crippen molar-refractivity contribution < 1.29 is 0 Å². The SMILES string of the molecule is O=c1ncc2cc(Cl)ccc2n1Br. The second-order valence-electron chi connectivity index (χ2n) is 2.52. The molecular formula is C8H4BrClN2O. The first kappa shape index (κ1) is 8.72. The van der Waals surface area contributed by atoms with Crippen LogP contribution in [-0.4, -0.2) is 8.58 Å². The second-order valence-corrected chi connectivity index (χ2v) is 3.67. The zero-order chi connectivity index (χ0) is 9.42. The van der Waals surface area contributed by atoms with Crippen LogP contribution in [0.2, 0.25) is 5.02 Å². The molecule has 1 aromatic heterocycles. The van der Waals surface area contributed by atoms with Gasteiger partial charge in [0.2, 0.25) is 0 Å². The molecule has 3 nitrogen and oxygen atoms in total. The standard InChI is InChI=1S/C8H4BrClN2O/c9-12-7-2-1-6(10)3-5(7)4-11-8(12)13/h1-4H. The number of halogens is 2. The third-order valence-electron chi connectivity index (χ3n) is 1.68. The van der Waals surface area contributed by atoms with Crippen molar-refractivity contribution in [3.63, 3.8) is 0 Å². The van der Waals surface area contributed by atoms with Crippen molar-refractivity contribution in [3.05, 3.63) is 39.9 Å². The molecule has 0 amide bonds. The Labute approximate surface area is 87.3 Å². The van der Waals surface area contributed by atoms with Crippen molar-refractivity contribution in [3.8, 4) is 0 Å². The highest BCUT2D eigenvalue weighted by Gasteiger charge is 2.00. The Hall–Kier alpha value is -0.870. The summed E-state index contributed by atoms with van der Waals surface area (Å²) in [6, 6.07) is 5.23. The van der Waals surface area contributed by atoms with E-state index >= 15 is 0 Å². The Morgan fingerprint density at radius 1 is 1.46 bits per heavy atom. The fourth-order valence-corrected chi connectivity index (χ4v) is 1.68. The fraction of sp³-hybridized carbons (Fsp3) is 0. The number of fused-ring (bicyclic) bond motifs is 1. The molecule has 0 spiro atoms. The molecular weight excluding hydrogens is 255 g/mol. The third kappa shape index (κ3) is 1.47. The minimum Gasteiger partial charge on any atom is -0.245 e. The molecule has 1 aromatic carbocycles. The van der Waals surface area contributed by atoms with Gasteiger partial charge in [-0.15, -0.1) is 0 Å². The van der Waals surface area contributed by atoms with Crippen molar-refractivity contribution in [2.75, 3.05) is 0 Å². The van der Waals surface area contributed by atoms with Gasteiger partial charge in [0.15, 0.2) is 0 Å². The first-order chi connectivity index (χ1) is 6.18. The topological polar surface area (TPSA) is 34.9 Å². The average molecular weight is 259 g/mol. The highest BCUT2D eigenvalue weighted by molar-refractivity contribution is 9.08. The molecule has 0 bridgehead atoms. The van der Waals surface area contributed by atoms with Gasteiger partial charge in [-0.05, 0) is 18.2 Å². The van der Waals surface area contributed by atoms with Gasteiger partial charge in [0, 0.05) is 16.6 Å². The normalized spacial score (nSPS) is 10.6. The van der Waals surface area contributed by atoms with E-state index in [0.717, 1.165) is 10.9 Å². The second kappa shape index (κ2) is 3.12. The van der Waals surface area contributed by atoms with Gasteiger partial charge in [-0.1, -0.05) is 11.6 Å². The molecule has 0 unspecified atom stereocenters. The Balaban J connectivity index is 2.95. The van der Waals surface area contributed by atoms with Crippen LogP contribution in [0.3, 0.4) is 0 Å². The van der Waals surface area contributed by atoms with Crippen molar-refractivity contribution in [1.82, 2.24) is 8.58 Å². The Kier molecular flexibility index (Phi) is 2.09. The van der Waals surface area contributed by atoms with Crippen molar-refractivity contribution >= 4 is 38.7 Å². The summed E-state index contributed by atoms with van der Waals surface area (Å²) in [5.74, 6) is 0. The minimum absolute atomic E-state index is 0.338. The molecule has 1 heterocycles. The van der Waals surface area contributed by atoms with E-state index in [9.17, 15) is 4.79 Å². The average Bonchev–Trinajstić information content (AvgIpc) is 2.12. The zero-order valence-electron chi connectivity index (χ0n) is 6.37. The van der Waals surface area contributed by atoms with E-state index in [1.165, 1.54) is 9.79 Å². The highest BCUT2D eigenvalue weighted by atomic mass is 79.9. The summed E-state index contributed by atoms with van der Waals surface area (Å²) >= 11 is 8.88. The van der Waals surface area contributed by atoms with Gasteiger partial charge in [0.05, 0.1) is 21.7 Å². The van der Waals surface area contributed by atoms with Crippen LogP contribution in [0.15, 0.2) is 29.2 Å². The number of hydrogen-bond donors (Lipinski definition) is 0. The molecule has 0 atom stereocenters. The number of rotatable bonds is 0. The minimum atomic E-state index is -0.338. The van der Waals surface area contributed by atoms with Crippen LogP contribution in [0.25, 0.3) is 10.9 Å². The van der Waals surface area contributed by atoms with Crippen LogP contribution in [0.1, 0.15) is 0 Å². The quantitative estimate of drug-likeness (QED) is 0.727. The van der Waals surface area contributed by atoms with E-state index in [2.05, 4.69) is 21.1 Å². The zero-order valence-corrected chi connectivity index (χ0v) is 8.71. The molecule has 0 aliphatic heterocycles. The summed E-state index contributed by atoms with van der Waals surface area (Å²) in [4.78, 5) is 14.7. The molecule has 2 aromatic rings. The maximum atomic E-state index is 11.1. The van der Waals surface area contributed by atoms with Crippen molar-refractivity contribution in [2.45, 2.75) is 0 Å². The third-order valence-corrected chi connectivity index (χ3v) is 2.60. The molecule has 0 aliphatic carbocycles. The molecule has 0 N–H and O–H groups in total. The summed E-state index contributed by atoms with van der Waals surface area (Å²) in [5.41, 5.74) is 0.416.